The van der Waals surface area contributed by atoms with Crippen LogP contribution in [0, 0.1) is 6.92 Å². The van der Waals surface area contributed by atoms with Crippen molar-refractivity contribution in [2.24, 2.45) is 0 Å². The lowest BCUT2D eigenvalue weighted by Gasteiger charge is -2.07. The summed E-state index contributed by atoms with van der Waals surface area (Å²) >= 11 is 1.34. The Morgan fingerprint density at radius 3 is 2.33 bits per heavy atom. The molecule has 0 aliphatic carbocycles. The van der Waals surface area contributed by atoms with E-state index >= 15 is 0 Å². The summed E-state index contributed by atoms with van der Waals surface area (Å²) in [7, 11) is -3.36. The van der Waals surface area contributed by atoms with Gasteiger partial charge in [0.2, 0.25) is 10.0 Å². The van der Waals surface area contributed by atoms with Crippen molar-refractivity contribution in [1.29, 1.82) is 0 Å². The van der Waals surface area contributed by atoms with E-state index < -0.39 is 10.0 Å². The Hall–Kier alpha value is -0.430. The lowest BCUT2D eigenvalue weighted by Crippen LogP contribution is -2.29. The molecule has 18 heavy (non-hydrogen) atoms. The van der Waals surface area contributed by atoms with Crippen molar-refractivity contribution < 1.29 is 8.42 Å². The quantitative estimate of drug-likeness (QED) is 0.845. The van der Waals surface area contributed by atoms with Crippen LogP contribution in [0.3, 0.4) is 0 Å². The monoisotopic (exact) mass is 290 g/mol. The highest BCUT2D eigenvalue weighted by molar-refractivity contribution is 7.91. The summed E-state index contributed by atoms with van der Waals surface area (Å²) < 4.78 is 27.1. The molecule has 1 aromatic heterocycles. The van der Waals surface area contributed by atoms with Crippen molar-refractivity contribution in [2.75, 3.05) is 0 Å². The molecule has 0 aliphatic heterocycles. The topological polar surface area (TPSA) is 58.2 Å². The standard InChI is InChI=1S/C12H22N2O2S2/c1-8(2)13-7-11-10(5)6-12(17-11)18(15,16)14-9(3)4/h6,8-9,13-14H,7H2,1-5H3. The second-order valence-electron chi connectivity index (χ2n) is 4.98. The first-order valence-corrected chi connectivity index (χ1v) is 8.37. The maximum atomic E-state index is 12.0. The molecule has 6 heteroatoms. The van der Waals surface area contributed by atoms with Gasteiger partial charge in [-0.25, -0.2) is 13.1 Å². The molecule has 0 radical (unpaired) electrons. The van der Waals surface area contributed by atoms with Crippen LogP contribution in [0.5, 0.6) is 0 Å². The van der Waals surface area contributed by atoms with Gasteiger partial charge in [-0.05, 0) is 32.4 Å². The van der Waals surface area contributed by atoms with E-state index in [1.807, 2.05) is 20.8 Å². The summed E-state index contributed by atoms with van der Waals surface area (Å²) in [6.07, 6.45) is 0. The van der Waals surface area contributed by atoms with Gasteiger partial charge in [0.25, 0.3) is 0 Å². The van der Waals surface area contributed by atoms with Gasteiger partial charge >= 0.3 is 0 Å². The summed E-state index contributed by atoms with van der Waals surface area (Å²) in [6.45, 7) is 10.4. The molecule has 0 bridgehead atoms. The minimum absolute atomic E-state index is 0.0883. The fourth-order valence-electron chi connectivity index (χ4n) is 1.46. The maximum Gasteiger partial charge on any atom is 0.250 e. The van der Waals surface area contributed by atoms with E-state index in [1.54, 1.807) is 6.07 Å². The minimum atomic E-state index is -3.36. The van der Waals surface area contributed by atoms with E-state index in [9.17, 15) is 8.42 Å². The molecule has 1 heterocycles. The first-order chi connectivity index (χ1) is 8.22. The number of sulfonamides is 1. The number of hydrogen-bond acceptors (Lipinski definition) is 4. The van der Waals surface area contributed by atoms with E-state index in [4.69, 9.17) is 0 Å². The van der Waals surface area contributed by atoms with Gasteiger partial charge in [0.1, 0.15) is 4.21 Å². The highest BCUT2D eigenvalue weighted by atomic mass is 32.2. The molecule has 0 spiro atoms. The van der Waals surface area contributed by atoms with Crippen LogP contribution in [0.1, 0.15) is 38.1 Å². The van der Waals surface area contributed by atoms with Gasteiger partial charge in [0.05, 0.1) is 0 Å². The van der Waals surface area contributed by atoms with E-state index in [2.05, 4.69) is 23.9 Å². The van der Waals surface area contributed by atoms with Gasteiger partial charge in [-0.15, -0.1) is 11.3 Å². The summed E-state index contributed by atoms with van der Waals surface area (Å²) in [6, 6.07) is 2.04. The summed E-state index contributed by atoms with van der Waals surface area (Å²) in [5, 5.41) is 3.30. The van der Waals surface area contributed by atoms with Gasteiger partial charge in [-0.1, -0.05) is 13.8 Å². The van der Waals surface area contributed by atoms with Crippen molar-refractivity contribution in [1.82, 2.24) is 10.0 Å². The van der Waals surface area contributed by atoms with Gasteiger partial charge in [0.15, 0.2) is 0 Å². The number of aryl methyl sites for hydroxylation is 1. The molecule has 0 amide bonds. The van der Waals surface area contributed by atoms with Crippen LogP contribution in [0.15, 0.2) is 10.3 Å². The zero-order chi connectivity index (χ0) is 13.9. The van der Waals surface area contributed by atoms with Gasteiger partial charge in [-0.3, -0.25) is 0 Å². The fourth-order valence-corrected chi connectivity index (χ4v) is 4.27. The van der Waals surface area contributed by atoms with E-state index in [0.29, 0.717) is 16.8 Å². The number of rotatable bonds is 6. The average Bonchev–Trinajstić information content (AvgIpc) is 2.55. The van der Waals surface area contributed by atoms with E-state index in [0.717, 1.165) is 10.4 Å². The second-order valence-corrected chi connectivity index (χ2v) is 8.06. The third-order valence-electron chi connectivity index (χ3n) is 2.32. The Balaban J connectivity index is 2.90. The Bertz CT molecular complexity index is 490. The molecule has 0 saturated heterocycles. The zero-order valence-corrected chi connectivity index (χ0v) is 13.2. The van der Waals surface area contributed by atoms with Crippen molar-refractivity contribution >= 4 is 21.4 Å². The maximum absolute atomic E-state index is 12.0. The fraction of sp³-hybridized carbons (Fsp3) is 0.667. The highest BCUT2D eigenvalue weighted by Crippen LogP contribution is 2.26. The predicted octanol–water partition coefficient (Wildman–Crippen LogP) is 2.24. The Labute approximate surface area is 114 Å². The molecule has 2 N–H and O–H groups in total. The van der Waals surface area contributed by atoms with Crippen LogP contribution >= 0.6 is 11.3 Å². The molecule has 4 nitrogen and oxygen atoms in total. The molecule has 0 aromatic carbocycles. The lowest BCUT2D eigenvalue weighted by atomic mass is 10.3. The molecule has 0 atom stereocenters. The minimum Gasteiger partial charge on any atom is -0.310 e. The first kappa shape index (κ1) is 15.6. The number of thiophene rings is 1. The third kappa shape index (κ3) is 4.35. The van der Waals surface area contributed by atoms with Crippen LogP contribution in [-0.2, 0) is 16.6 Å². The molecule has 0 fully saturated rings. The summed E-state index contributed by atoms with van der Waals surface area (Å²) in [4.78, 5) is 1.08. The van der Waals surface area contributed by atoms with Crippen LogP contribution in [0.4, 0.5) is 0 Å². The number of nitrogens with one attached hydrogen (secondary N) is 2. The molecule has 1 rings (SSSR count). The van der Waals surface area contributed by atoms with Gasteiger partial charge < -0.3 is 5.32 Å². The van der Waals surface area contributed by atoms with E-state index in [-0.39, 0.29) is 6.04 Å². The highest BCUT2D eigenvalue weighted by Gasteiger charge is 2.19. The lowest BCUT2D eigenvalue weighted by molar-refractivity contribution is 0.572. The van der Waals surface area contributed by atoms with E-state index in [1.165, 1.54) is 11.3 Å². The molecule has 104 valence electrons. The molecular weight excluding hydrogens is 268 g/mol. The Morgan fingerprint density at radius 2 is 1.83 bits per heavy atom. The molecule has 0 saturated carbocycles. The zero-order valence-electron chi connectivity index (χ0n) is 11.6. The molecule has 1 aromatic rings. The van der Waals surface area contributed by atoms with Crippen LogP contribution in [0.25, 0.3) is 0 Å². The van der Waals surface area contributed by atoms with Crippen LogP contribution in [0.2, 0.25) is 0 Å². The molecule has 0 aliphatic rings. The van der Waals surface area contributed by atoms with Crippen molar-refractivity contribution in [3.8, 4) is 0 Å². The first-order valence-electron chi connectivity index (χ1n) is 6.07. The van der Waals surface area contributed by atoms with Crippen molar-refractivity contribution in [3.05, 3.63) is 16.5 Å². The Morgan fingerprint density at radius 1 is 1.22 bits per heavy atom. The molecule has 0 unspecified atom stereocenters. The summed E-state index contributed by atoms with van der Waals surface area (Å²) in [5.74, 6) is 0. The largest absolute Gasteiger partial charge is 0.310 e. The third-order valence-corrected chi connectivity index (χ3v) is 5.69. The average molecular weight is 290 g/mol. The van der Waals surface area contributed by atoms with Crippen LogP contribution in [-0.4, -0.2) is 20.5 Å². The summed E-state index contributed by atoms with van der Waals surface area (Å²) in [5.41, 5.74) is 1.03. The Kier molecular flexibility index (Phi) is 5.33. The van der Waals surface area contributed by atoms with Gasteiger partial charge in [-0.2, -0.15) is 0 Å². The predicted molar refractivity (Wildman–Crippen MR) is 76.5 cm³/mol. The van der Waals surface area contributed by atoms with Crippen molar-refractivity contribution in [2.45, 2.75) is 57.5 Å². The second kappa shape index (κ2) is 6.14. The molecular formula is C12H22N2O2S2. The number of hydrogen-bond donors (Lipinski definition) is 2. The smallest absolute Gasteiger partial charge is 0.250 e. The van der Waals surface area contributed by atoms with Crippen LogP contribution < -0.4 is 10.0 Å². The van der Waals surface area contributed by atoms with Gasteiger partial charge in [0, 0.05) is 23.5 Å². The SMILES string of the molecule is Cc1cc(S(=O)(=O)NC(C)C)sc1CNC(C)C. The normalized spacial score (nSPS) is 12.6. The van der Waals surface area contributed by atoms with Crippen molar-refractivity contribution in [3.63, 3.8) is 0 Å².